The Labute approximate surface area is 127 Å². The molecule has 0 bridgehead atoms. The van der Waals surface area contributed by atoms with Gasteiger partial charge in [0.1, 0.15) is 10.6 Å². The molecule has 0 radical (unpaired) electrons. The number of hydrogen-bond donors (Lipinski definition) is 1. The largest absolute Gasteiger partial charge is 0.495 e. The van der Waals surface area contributed by atoms with Gasteiger partial charge in [-0.1, -0.05) is 34.1 Å². The molecule has 106 valence electrons. The summed E-state index contributed by atoms with van der Waals surface area (Å²) < 4.78 is 33.3. The third-order valence-corrected chi connectivity index (χ3v) is 4.68. The molecule has 0 unspecified atom stereocenters. The molecular formula is C14H14BrNO3S. The van der Waals surface area contributed by atoms with Crippen LogP contribution in [0.15, 0.2) is 51.8 Å². The number of benzene rings is 2. The lowest BCUT2D eigenvalue weighted by atomic mass is 10.2. The molecule has 0 spiro atoms. The van der Waals surface area contributed by atoms with Gasteiger partial charge in [0, 0.05) is 4.47 Å². The average Bonchev–Trinajstić information content (AvgIpc) is 2.41. The maximum Gasteiger partial charge on any atom is 0.265 e. The van der Waals surface area contributed by atoms with E-state index in [2.05, 4.69) is 20.7 Å². The second-order valence-corrected chi connectivity index (χ2v) is 6.78. The van der Waals surface area contributed by atoms with Gasteiger partial charge in [-0.2, -0.15) is 0 Å². The first-order chi connectivity index (χ1) is 9.44. The fourth-order valence-electron chi connectivity index (χ4n) is 1.75. The van der Waals surface area contributed by atoms with Crippen molar-refractivity contribution < 1.29 is 13.2 Å². The molecule has 1 N–H and O–H groups in total. The SMILES string of the molecule is COc1ccc(Br)cc1S(=O)(=O)Nc1ccccc1C. The highest BCUT2D eigenvalue weighted by molar-refractivity contribution is 9.10. The molecule has 0 aromatic heterocycles. The van der Waals surface area contributed by atoms with Gasteiger partial charge >= 0.3 is 0 Å². The van der Waals surface area contributed by atoms with Gasteiger partial charge in [-0.25, -0.2) is 8.42 Å². The van der Waals surface area contributed by atoms with E-state index >= 15 is 0 Å². The van der Waals surface area contributed by atoms with E-state index in [-0.39, 0.29) is 4.90 Å². The van der Waals surface area contributed by atoms with Crippen molar-refractivity contribution >= 4 is 31.6 Å². The van der Waals surface area contributed by atoms with Gasteiger partial charge in [0.05, 0.1) is 12.8 Å². The molecule has 0 aliphatic carbocycles. The topological polar surface area (TPSA) is 55.4 Å². The third-order valence-electron chi connectivity index (χ3n) is 2.80. The van der Waals surface area contributed by atoms with Gasteiger partial charge in [-0.15, -0.1) is 0 Å². The minimum atomic E-state index is -3.71. The number of halogens is 1. The lowest BCUT2D eigenvalue weighted by Crippen LogP contribution is -2.14. The number of sulfonamides is 1. The zero-order chi connectivity index (χ0) is 14.8. The first-order valence-corrected chi connectivity index (χ1v) is 8.13. The number of hydrogen-bond acceptors (Lipinski definition) is 3. The maximum atomic E-state index is 12.5. The van der Waals surface area contributed by atoms with Crippen molar-refractivity contribution in [2.75, 3.05) is 11.8 Å². The molecule has 0 saturated heterocycles. The lowest BCUT2D eigenvalue weighted by molar-refractivity contribution is 0.403. The Balaban J connectivity index is 2.46. The van der Waals surface area contributed by atoms with Crippen LogP contribution in [-0.2, 0) is 10.0 Å². The molecule has 2 rings (SSSR count). The minimum Gasteiger partial charge on any atom is -0.495 e. The summed E-state index contributed by atoms with van der Waals surface area (Å²) in [6, 6.07) is 12.0. The minimum absolute atomic E-state index is 0.0950. The second kappa shape index (κ2) is 5.85. The van der Waals surface area contributed by atoms with Crippen LogP contribution in [-0.4, -0.2) is 15.5 Å². The smallest absolute Gasteiger partial charge is 0.265 e. The van der Waals surface area contributed by atoms with E-state index in [0.717, 1.165) is 5.56 Å². The monoisotopic (exact) mass is 355 g/mol. The molecule has 2 aromatic carbocycles. The molecular weight excluding hydrogens is 342 g/mol. The Hall–Kier alpha value is -1.53. The summed E-state index contributed by atoms with van der Waals surface area (Å²) in [4.78, 5) is 0.0950. The van der Waals surface area contributed by atoms with Gasteiger partial charge < -0.3 is 4.74 Å². The van der Waals surface area contributed by atoms with Crippen LogP contribution in [0.5, 0.6) is 5.75 Å². The quantitative estimate of drug-likeness (QED) is 0.911. The highest BCUT2D eigenvalue weighted by Crippen LogP contribution is 2.29. The fourth-order valence-corrected chi connectivity index (χ4v) is 3.59. The van der Waals surface area contributed by atoms with Crippen LogP contribution >= 0.6 is 15.9 Å². The molecule has 0 aliphatic rings. The maximum absolute atomic E-state index is 12.5. The van der Waals surface area contributed by atoms with Gasteiger partial charge in [-0.05, 0) is 36.8 Å². The summed E-state index contributed by atoms with van der Waals surface area (Å²) in [5, 5.41) is 0. The average molecular weight is 356 g/mol. The first-order valence-electron chi connectivity index (χ1n) is 5.86. The second-order valence-electron chi connectivity index (χ2n) is 4.22. The van der Waals surface area contributed by atoms with E-state index in [1.807, 2.05) is 19.1 Å². The van der Waals surface area contributed by atoms with E-state index in [9.17, 15) is 8.42 Å². The summed E-state index contributed by atoms with van der Waals surface area (Å²) in [7, 11) is -2.27. The first kappa shape index (κ1) is 14.9. The van der Waals surface area contributed by atoms with Gasteiger partial charge in [0.25, 0.3) is 10.0 Å². The fraction of sp³-hybridized carbons (Fsp3) is 0.143. The molecule has 2 aromatic rings. The Bertz CT molecular complexity index is 729. The van der Waals surface area contributed by atoms with Crippen LogP contribution < -0.4 is 9.46 Å². The number of ether oxygens (including phenoxy) is 1. The molecule has 0 fully saturated rings. The number of aryl methyl sites for hydroxylation is 1. The summed E-state index contributed by atoms with van der Waals surface area (Å²) in [5.74, 6) is 0.300. The van der Waals surface area contributed by atoms with Crippen molar-refractivity contribution in [2.24, 2.45) is 0 Å². The van der Waals surface area contributed by atoms with Gasteiger partial charge in [-0.3, -0.25) is 4.72 Å². The summed E-state index contributed by atoms with van der Waals surface area (Å²) >= 11 is 3.27. The van der Waals surface area contributed by atoms with E-state index in [0.29, 0.717) is 15.9 Å². The number of rotatable bonds is 4. The van der Waals surface area contributed by atoms with Crippen molar-refractivity contribution in [1.29, 1.82) is 0 Å². The zero-order valence-corrected chi connectivity index (χ0v) is 13.5. The molecule has 6 heteroatoms. The van der Waals surface area contributed by atoms with Crippen molar-refractivity contribution in [1.82, 2.24) is 0 Å². The van der Waals surface area contributed by atoms with Crippen LogP contribution in [0.25, 0.3) is 0 Å². The Morgan fingerprint density at radius 1 is 1.15 bits per heavy atom. The number of methoxy groups -OCH3 is 1. The van der Waals surface area contributed by atoms with Gasteiger partial charge in [0.15, 0.2) is 0 Å². The highest BCUT2D eigenvalue weighted by Gasteiger charge is 2.20. The van der Waals surface area contributed by atoms with E-state index in [4.69, 9.17) is 4.74 Å². The zero-order valence-electron chi connectivity index (χ0n) is 11.1. The van der Waals surface area contributed by atoms with Crippen molar-refractivity contribution in [3.63, 3.8) is 0 Å². The highest BCUT2D eigenvalue weighted by atomic mass is 79.9. The van der Waals surface area contributed by atoms with Crippen molar-refractivity contribution in [3.8, 4) is 5.75 Å². The molecule has 4 nitrogen and oxygen atoms in total. The van der Waals surface area contributed by atoms with Crippen LogP contribution in [0.1, 0.15) is 5.56 Å². The van der Waals surface area contributed by atoms with E-state index in [1.165, 1.54) is 13.2 Å². The van der Waals surface area contributed by atoms with Crippen LogP contribution in [0, 0.1) is 6.92 Å². The Kier molecular flexibility index (Phi) is 4.35. The van der Waals surface area contributed by atoms with E-state index in [1.54, 1.807) is 24.3 Å². The lowest BCUT2D eigenvalue weighted by Gasteiger charge is -2.13. The van der Waals surface area contributed by atoms with Gasteiger partial charge in [0.2, 0.25) is 0 Å². The Morgan fingerprint density at radius 3 is 2.50 bits per heavy atom. The molecule has 0 heterocycles. The molecule has 0 aliphatic heterocycles. The number of anilines is 1. The Morgan fingerprint density at radius 2 is 1.85 bits per heavy atom. The summed E-state index contributed by atoms with van der Waals surface area (Å²) in [6.07, 6.45) is 0. The van der Waals surface area contributed by atoms with Crippen LogP contribution in [0.3, 0.4) is 0 Å². The predicted molar refractivity (Wildman–Crippen MR) is 82.7 cm³/mol. The molecule has 0 atom stereocenters. The molecule has 20 heavy (non-hydrogen) atoms. The van der Waals surface area contributed by atoms with Crippen molar-refractivity contribution in [3.05, 3.63) is 52.5 Å². The number of para-hydroxylation sites is 1. The van der Waals surface area contributed by atoms with Crippen molar-refractivity contribution in [2.45, 2.75) is 11.8 Å². The third kappa shape index (κ3) is 3.13. The summed E-state index contributed by atoms with van der Waals surface area (Å²) in [5.41, 5.74) is 1.40. The predicted octanol–water partition coefficient (Wildman–Crippen LogP) is 3.57. The van der Waals surface area contributed by atoms with Crippen LogP contribution in [0.4, 0.5) is 5.69 Å². The molecule has 0 saturated carbocycles. The van der Waals surface area contributed by atoms with Crippen LogP contribution in [0.2, 0.25) is 0 Å². The molecule has 0 amide bonds. The normalized spacial score (nSPS) is 11.2. The number of nitrogens with one attached hydrogen (secondary N) is 1. The summed E-state index contributed by atoms with van der Waals surface area (Å²) in [6.45, 7) is 1.84. The standard InChI is InChI=1S/C14H14BrNO3S/c1-10-5-3-4-6-12(10)16-20(17,18)14-9-11(15)7-8-13(14)19-2/h3-9,16H,1-2H3. The van der Waals surface area contributed by atoms with E-state index < -0.39 is 10.0 Å².